The maximum atomic E-state index is 12.4. The highest BCUT2D eigenvalue weighted by molar-refractivity contribution is 7.16. The number of hydroxylamine groups is 2. The minimum Gasteiger partial charge on any atom is -0.323 e. The Labute approximate surface area is 144 Å². The van der Waals surface area contributed by atoms with Gasteiger partial charge in [-0.2, -0.15) is 5.10 Å². The van der Waals surface area contributed by atoms with Gasteiger partial charge >= 0.3 is 5.97 Å². The molecule has 1 N–H and O–H groups in total. The first-order chi connectivity index (χ1) is 12.1. The molecule has 10 heteroatoms. The fourth-order valence-corrected chi connectivity index (χ4v) is 3.25. The average Bonchev–Trinajstić information content (AvgIpc) is 3.31. The molecule has 0 aliphatic carbocycles. The summed E-state index contributed by atoms with van der Waals surface area (Å²) in [5, 5.41) is 7.29. The Morgan fingerprint density at radius 2 is 1.88 bits per heavy atom. The van der Waals surface area contributed by atoms with Crippen molar-refractivity contribution in [3.05, 3.63) is 52.3 Å². The van der Waals surface area contributed by atoms with Gasteiger partial charge in [-0.25, -0.2) is 14.8 Å². The molecular weight excluding hydrogens is 346 g/mol. The zero-order valence-electron chi connectivity index (χ0n) is 12.7. The number of nitrogens with one attached hydrogen (secondary N) is 1. The molecular formula is C15H9N5O4S. The molecule has 1 aliphatic rings. The molecule has 1 aromatic carbocycles. The maximum absolute atomic E-state index is 12.4. The van der Waals surface area contributed by atoms with Crippen molar-refractivity contribution in [2.75, 3.05) is 0 Å². The monoisotopic (exact) mass is 355 g/mol. The second-order valence-electron chi connectivity index (χ2n) is 5.10. The minimum absolute atomic E-state index is 0.169. The number of imide groups is 1. The third kappa shape index (κ3) is 2.39. The number of H-pyrrole nitrogens is 1. The number of amides is 2. The second kappa shape index (κ2) is 5.60. The Hall–Kier alpha value is -3.40. The lowest BCUT2D eigenvalue weighted by Crippen LogP contribution is -2.32. The van der Waals surface area contributed by atoms with Crippen LogP contribution < -0.4 is 0 Å². The van der Waals surface area contributed by atoms with Crippen LogP contribution in [0.25, 0.3) is 10.8 Å². The molecule has 3 aromatic rings. The van der Waals surface area contributed by atoms with Gasteiger partial charge in [0, 0.05) is 0 Å². The Balaban J connectivity index is 1.60. The fraction of sp³-hybridized carbons (Fsp3) is 0.0667. The van der Waals surface area contributed by atoms with E-state index in [-0.39, 0.29) is 16.0 Å². The molecule has 1 aliphatic heterocycles. The summed E-state index contributed by atoms with van der Waals surface area (Å²) in [5.74, 6) is -1.78. The number of fused-ring (bicyclic) bond motifs is 1. The molecule has 0 spiro atoms. The lowest BCUT2D eigenvalue weighted by atomic mass is 10.1. The lowest BCUT2D eigenvalue weighted by Gasteiger charge is -2.11. The zero-order chi connectivity index (χ0) is 17.6. The first-order valence-electron chi connectivity index (χ1n) is 7.09. The topological polar surface area (TPSA) is 118 Å². The zero-order valence-corrected chi connectivity index (χ0v) is 13.5. The number of hydrogen-bond acceptors (Lipinski definition) is 8. The molecule has 2 amide bonds. The number of aryl methyl sites for hydroxylation is 1. The highest BCUT2D eigenvalue weighted by Crippen LogP contribution is 2.28. The smallest absolute Gasteiger partial charge is 0.323 e. The number of carbonyl (C=O) groups is 3. The third-order valence-electron chi connectivity index (χ3n) is 3.53. The molecule has 3 heterocycles. The molecule has 0 fully saturated rings. The predicted molar refractivity (Wildman–Crippen MR) is 84.6 cm³/mol. The first-order valence-corrected chi connectivity index (χ1v) is 7.91. The van der Waals surface area contributed by atoms with Crippen LogP contribution >= 0.6 is 11.3 Å². The molecule has 0 unspecified atom stereocenters. The van der Waals surface area contributed by atoms with Crippen LogP contribution in [0.2, 0.25) is 0 Å². The Morgan fingerprint density at radius 1 is 1.20 bits per heavy atom. The number of benzene rings is 1. The normalized spacial score (nSPS) is 13.2. The summed E-state index contributed by atoms with van der Waals surface area (Å²) in [7, 11) is 0. The summed E-state index contributed by atoms with van der Waals surface area (Å²) in [4.78, 5) is 50.3. The van der Waals surface area contributed by atoms with Gasteiger partial charge in [0.15, 0.2) is 10.8 Å². The molecule has 9 nitrogen and oxygen atoms in total. The van der Waals surface area contributed by atoms with Crippen LogP contribution in [-0.2, 0) is 4.84 Å². The number of aromatic nitrogens is 4. The molecule has 2 aromatic heterocycles. The number of aromatic amines is 1. The minimum atomic E-state index is -0.838. The van der Waals surface area contributed by atoms with Crippen molar-refractivity contribution < 1.29 is 19.2 Å². The molecule has 0 saturated heterocycles. The van der Waals surface area contributed by atoms with Crippen molar-refractivity contribution in [1.82, 2.24) is 25.2 Å². The summed E-state index contributed by atoms with van der Waals surface area (Å²) in [6.07, 6.45) is 1.32. The Morgan fingerprint density at radius 3 is 2.48 bits per heavy atom. The molecule has 0 saturated carbocycles. The SMILES string of the molecule is Cc1nc(-c2ncn[nH]2)sc1C(=O)ON1C(=O)c2ccccc2C1=O. The molecule has 25 heavy (non-hydrogen) atoms. The van der Waals surface area contributed by atoms with Crippen molar-refractivity contribution in [1.29, 1.82) is 0 Å². The van der Waals surface area contributed by atoms with E-state index in [0.29, 0.717) is 21.6 Å². The van der Waals surface area contributed by atoms with Gasteiger partial charge in [0.2, 0.25) is 0 Å². The quantitative estimate of drug-likeness (QED) is 0.709. The van der Waals surface area contributed by atoms with Crippen LogP contribution in [0.3, 0.4) is 0 Å². The summed E-state index contributed by atoms with van der Waals surface area (Å²) in [6.45, 7) is 1.62. The van der Waals surface area contributed by atoms with E-state index in [4.69, 9.17) is 4.84 Å². The van der Waals surface area contributed by atoms with Crippen molar-refractivity contribution in [2.24, 2.45) is 0 Å². The second-order valence-corrected chi connectivity index (χ2v) is 6.10. The van der Waals surface area contributed by atoms with E-state index in [0.717, 1.165) is 11.3 Å². The van der Waals surface area contributed by atoms with Gasteiger partial charge in [0.25, 0.3) is 11.8 Å². The van der Waals surface area contributed by atoms with Gasteiger partial charge in [-0.1, -0.05) is 17.2 Å². The predicted octanol–water partition coefficient (Wildman–Crippen LogP) is 1.60. The molecule has 0 bridgehead atoms. The number of carbonyl (C=O) groups excluding carboxylic acids is 3. The van der Waals surface area contributed by atoms with E-state index >= 15 is 0 Å². The van der Waals surface area contributed by atoms with E-state index in [9.17, 15) is 14.4 Å². The van der Waals surface area contributed by atoms with Gasteiger partial charge < -0.3 is 4.84 Å². The first kappa shape index (κ1) is 15.1. The van der Waals surface area contributed by atoms with Crippen molar-refractivity contribution >= 4 is 29.1 Å². The van der Waals surface area contributed by atoms with Crippen LogP contribution in [0.1, 0.15) is 36.1 Å². The van der Waals surface area contributed by atoms with E-state index in [2.05, 4.69) is 20.2 Å². The fourth-order valence-electron chi connectivity index (χ4n) is 2.37. The summed E-state index contributed by atoms with van der Waals surface area (Å²) < 4.78 is 0. The summed E-state index contributed by atoms with van der Waals surface area (Å²) in [5.41, 5.74) is 0.797. The standard InChI is InChI=1S/C15H9N5O4S/c1-7-10(25-12(18-7)11-16-6-17-19-11)15(23)24-20-13(21)8-4-2-3-5-9(8)14(20)22/h2-6H,1H3,(H,16,17,19). The average molecular weight is 355 g/mol. The number of hydrogen-bond donors (Lipinski definition) is 1. The van der Waals surface area contributed by atoms with Crippen LogP contribution in [0.4, 0.5) is 0 Å². The molecule has 124 valence electrons. The van der Waals surface area contributed by atoms with Crippen LogP contribution in [-0.4, -0.2) is 43.0 Å². The lowest BCUT2D eigenvalue weighted by molar-refractivity contribution is -0.0581. The van der Waals surface area contributed by atoms with Crippen molar-refractivity contribution in [3.63, 3.8) is 0 Å². The van der Waals surface area contributed by atoms with Gasteiger partial charge in [-0.3, -0.25) is 14.7 Å². The van der Waals surface area contributed by atoms with Gasteiger partial charge in [-0.05, 0) is 19.1 Å². The highest BCUT2D eigenvalue weighted by atomic mass is 32.1. The van der Waals surface area contributed by atoms with Gasteiger partial charge in [0.05, 0.1) is 16.8 Å². The number of nitrogens with zero attached hydrogens (tertiary/aromatic N) is 4. The van der Waals surface area contributed by atoms with Crippen LogP contribution in [0.15, 0.2) is 30.6 Å². The number of rotatable bonds is 3. The van der Waals surface area contributed by atoms with Crippen molar-refractivity contribution in [3.8, 4) is 10.8 Å². The highest BCUT2D eigenvalue weighted by Gasteiger charge is 2.39. The van der Waals surface area contributed by atoms with E-state index < -0.39 is 17.8 Å². The largest absolute Gasteiger partial charge is 0.375 e. The summed E-state index contributed by atoms with van der Waals surface area (Å²) in [6, 6.07) is 6.27. The Kier molecular flexibility index (Phi) is 3.39. The van der Waals surface area contributed by atoms with E-state index in [1.54, 1.807) is 19.1 Å². The molecule has 4 rings (SSSR count). The molecule has 0 atom stereocenters. The van der Waals surface area contributed by atoms with Crippen molar-refractivity contribution in [2.45, 2.75) is 6.92 Å². The summed E-state index contributed by atoms with van der Waals surface area (Å²) >= 11 is 1.03. The molecule has 0 radical (unpaired) electrons. The maximum Gasteiger partial charge on any atom is 0.375 e. The number of thiazole rings is 1. The van der Waals surface area contributed by atoms with Gasteiger partial charge in [0.1, 0.15) is 11.2 Å². The van der Waals surface area contributed by atoms with E-state index in [1.807, 2.05) is 0 Å². The van der Waals surface area contributed by atoms with E-state index in [1.165, 1.54) is 18.5 Å². The van der Waals surface area contributed by atoms with Gasteiger partial charge in [-0.15, -0.1) is 11.3 Å². The Bertz CT molecular complexity index is 976. The van der Waals surface area contributed by atoms with Crippen LogP contribution in [0, 0.1) is 6.92 Å². The third-order valence-corrected chi connectivity index (χ3v) is 4.67. The van der Waals surface area contributed by atoms with Crippen LogP contribution in [0.5, 0.6) is 0 Å².